The predicted molar refractivity (Wildman–Crippen MR) is 37.3 cm³/mol. The van der Waals surface area contributed by atoms with Gasteiger partial charge in [-0.05, 0) is 28.1 Å². The van der Waals surface area contributed by atoms with Crippen LogP contribution < -0.4 is 11.1 Å². The van der Waals surface area contributed by atoms with Crippen molar-refractivity contribution < 1.29 is 4.39 Å². The summed E-state index contributed by atoms with van der Waals surface area (Å²) in [6.45, 7) is 0. The molecule has 2 nitrogen and oxygen atoms in total. The summed E-state index contributed by atoms with van der Waals surface area (Å²) in [7, 11) is 0. The van der Waals surface area contributed by atoms with Crippen LogP contribution in [0.3, 0.4) is 0 Å². The molecule has 1 aliphatic heterocycles. The van der Waals surface area contributed by atoms with E-state index < -0.39 is 4.70 Å². The normalized spacial score (nSPS) is 33.3. The van der Waals surface area contributed by atoms with Crippen LogP contribution >= 0.6 is 15.9 Å². The van der Waals surface area contributed by atoms with Crippen LogP contribution in [0.1, 0.15) is 0 Å². The molecule has 1 atom stereocenters. The van der Waals surface area contributed by atoms with Crippen LogP contribution in [-0.2, 0) is 0 Å². The van der Waals surface area contributed by atoms with E-state index in [0.717, 1.165) is 0 Å². The van der Waals surface area contributed by atoms with Gasteiger partial charge in [-0.1, -0.05) is 0 Å². The van der Waals surface area contributed by atoms with Crippen molar-refractivity contribution >= 4 is 15.9 Å². The molecule has 0 fully saturated rings. The van der Waals surface area contributed by atoms with Gasteiger partial charge >= 0.3 is 0 Å². The summed E-state index contributed by atoms with van der Waals surface area (Å²) in [5, 5.41) is 2.38. The number of halogens is 2. The maximum absolute atomic E-state index is 12.7. The van der Waals surface area contributed by atoms with Crippen molar-refractivity contribution in [3.05, 3.63) is 24.0 Å². The topological polar surface area (TPSA) is 38.0 Å². The molecular weight excluding hydrogens is 187 g/mol. The maximum atomic E-state index is 12.7. The first kappa shape index (κ1) is 6.61. The average Bonchev–Trinajstić information content (AvgIpc) is 1.78. The summed E-state index contributed by atoms with van der Waals surface area (Å²) in [4.78, 5) is 0. The van der Waals surface area contributed by atoms with E-state index in [2.05, 4.69) is 21.2 Å². The van der Waals surface area contributed by atoms with Crippen molar-refractivity contribution in [2.45, 2.75) is 4.70 Å². The zero-order valence-corrected chi connectivity index (χ0v) is 6.15. The van der Waals surface area contributed by atoms with Gasteiger partial charge in [0.25, 0.3) is 4.70 Å². The van der Waals surface area contributed by atoms with E-state index in [0.29, 0.717) is 5.70 Å². The van der Waals surface area contributed by atoms with E-state index in [1.54, 1.807) is 0 Å². The standard InChI is InChI=1S/C5H6BrFN2/c6-5(7)2-1-4(8)3-9-5/h1-3,9H,8H2. The Kier molecular flexibility index (Phi) is 1.48. The molecule has 4 heteroatoms. The van der Waals surface area contributed by atoms with E-state index in [1.165, 1.54) is 18.4 Å². The number of dihydropyridines is 1. The monoisotopic (exact) mass is 192 g/mol. The molecule has 0 amide bonds. The Bertz CT molecular complexity index is 174. The van der Waals surface area contributed by atoms with Crippen LogP contribution in [0.4, 0.5) is 4.39 Å². The molecule has 0 aromatic rings. The molecule has 9 heavy (non-hydrogen) atoms. The van der Waals surface area contributed by atoms with Crippen LogP contribution in [0.15, 0.2) is 24.0 Å². The Morgan fingerprint density at radius 1 is 1.78 bits per heavy atom. The summed E-state index contributed by atoms with van der Waals surface area (Å²) < 4.78 is 11.0. The Morgan fingerprint density at radius 3 is 2.78 bits per heavy atom. The lowest BCUT2D eigenvalue weighted by Gasteiger charge is -2.17. The minimum atomic E-state index is -1.62. The Morgan fingerprint density at radius 2 is 2.44 bits per heavy atom. The first-order valence-corrected chi connectivity index (χ1v) is 3.20. The highest BCUT2D eigenvalue weighted by molar-refractivity contribution is 9.10. The number of nitrogens with one attached hydrogen (secondary N) is 1. The second kappa shape index (κ2) is 2.02. The number of rotatable bonds is 0. The lowest BCUT2D eigenvalue weighted by Crippen LogP contribution is -2.31. The second-order valence-electron chi connectivity index (χ2n) is 1.74. The van der Waals surface area contributed by atoms with Crippen molar-refractivity contribution in [1.82, 2.24) is 5.32 Å². The number of alkyl halides is 2. The summed E-state index contributed by atoms with van der Waals surface area (Å²) in [5.41, 5.74) is 5.80. The van der Waals surface area contributed by atoms with E-state index in [-0.39, 0.29) is 0 Å². The highest BCUT2D eigenvalue weighted by atomic mass is 79.9. The molecule has 0 saturated heterocycles. The molecule has 1 aliphatic rings. The van der Waals surface area contributed by atoms with Crippen molar-refractivity contribution in [3.8, 4) is 0 Å². The van der Waals surface area contributed by atoms with Crippen LogP contribution in [0.2, 0.25) is 0 Å². The largest absolute Gasteiger partial charge is 0.398 e. The molecular formula is C5H6BrFN2. The van der Waals surface area contributed by atoms with E-state index in [9.17, 15) is 4.39 Å². The third-order valence-electron chi connectivity index (χ3n) is 0.916. The Balaban J connectivity index is 2.70. The molecule has 50 valence electrons. The van der Waals surface area contributed by atoms with Gasteiger partial charge in [-0.3, -0.25) is 0 Å². The van der Waals surface area contributed by atoms with Gasteiger partial charge in [-0.15, -0.1) is 0 Å². The smallest absolute Gasteiger partial charge is 0.254 e. The van der Waals surface area contributed by atoms with E-state index in [1.807, 2.05) is 0 Å². The summed E-state index contributed by atoms with van der Waals surface area (Å²) in [6, 6.07) is 0. The molecule has 0 aliphatic carbocycles. The Hall–Kier alpha value is -0.510. The number of allylic oxidation sites excluding steroid dienone is 1. The molecule has 0 saturated carbocycles. The van der Waals surface area contributed by atoms with Gasteiger partial charge in [0.15, 0.2) is 0 Å². The van der Waals surface area contributed by atoms with Crippen LogP contribution in [-0.4, -0.2) is 4.70 Å². The lowest BCUT2D eigenvalue weighted by molar-refractivity contribution is 0.329. The minimum absolute atomic E-state index is 0.516. The minimum Gasteiger partial charge on any atom is -0.398 e. The summed E-state index contributed by atoms with van der Waals surface area (Å²) in [5.74, 6) is 0. The second-order valence-corrected chi connectivity index (χ2v) is 2.90. The van der Waals surface area contributed by atoms with E-state index in [4.69, 9.17) is 5.73 Å². The van der Waals surface area contributed by atoms with Crippen LogP contribution in [0, 0.1) is 0 Å². The molecule has 1 unspecified atom stereocenters. The molecule has 0 bridgehead atoms. The molecule has 1 heterocycles. The zero-order chi connectivity index (χ0) is 6.91. The predicted octanol–water partition coefficient (Wildman–Crippen LogP) is 0.964. The van der Waals surface area contributed by atoms with Crippen molar-refractivity contribution in [3.63, 3.8) is 0 Å². The molecule has 0 radical (unpaired) electrons. The molecule has 0 aromatic carbocycles. The van der Waals surface area contributed by atoms with Gasteiger partial charge in [0.1, 0.15) is 0 Å². The van der Waals surface area contributed by atoms with Crippen LogP contribution in [0.5, 0.6) is 0 Å². The quantitative estimate of drug-likeness (QED) is 0.444. The average molecular weight is 193 g/mol. The number of nitrogens with two attached hydrogens (primary N) is 1. The summed E-state index contributed by atoms with van der Waals surface area (Å²) in [6.07, 6.45) is 4.18. The van der Waals surface area contributed by atoms with Gasteiger partial charge in [-0.25, -0.2) is 4.39 Å². The van der Waals surface area contributed by atoms with Gasteiger partial charge < -0.3 is 11.1 Å². The summed E-state index contributed by atoms with van der Waals surface area (Å²) >= 11 is 2.76. The Labute approximate surface area is 60.7 Å². The van der Waals surface area contributed by atoms with Crippen LogP contribution in [0.25, 0.3) is 0 Å². The molecule has 0 aromatic heterocycles. The van der Waals surface area contributed by atoms with Crippen molar-refractivity contribution in [1.29, 1.82) is 0 Å². The van der Waals surface area contributed by atoms with Gasteiger partial charge in [0.05, 0.1) is 0 Å². The third kappa shape index (κ3) is 1.71. The lowest BCUT2D eigenvalue weighted by atomic mass is 10.3. The zero-order valence-electron chi connectivity index (χ0n) is 4.57. The highest BCUT2D eigenvalue weighted by Crippen LogP contribution is 2.20. The van der Waals surface area contributed by atoms with Gasteiger partial charge in [-0.2, -0.15) is 0 Å². The number of hydrogen-bond donors (Lipinski definition) is 2. The molecule has 3 N–H and O–H groups in total. The maximum Gasteiger partial charge on any atom is 0.254 e. The first-order valence-electron chi connectivity index (χ1n) is 2.40. The highest BCUT2D eigenvalue weighted by Gasteiger charge is 2.21. The fourth-order valence-electron chi connectivity index (χ4n) is 0.477. The fourth-order valence-corrected chi connectivity index (χ4v) is 0.723. The first-order chi connectivity index (χ1) is 4.10. The third-order valence-corrected chi connectivity index (χ3v) is 1.41. The van der Waals surface area contributed by atoms with Crippen molar-refractivity contribution in [2.24, 2.45) is 5.73 Å². The van der Waals surface area contributed by atoms with E-state index >= 15 is 0 Å². The number of hydrogen-bond acceptors (Lipinski definition) is 2. The van der Waals surface area contributed by atoms with Gasteiger partial charge in [0, 0.05) is 11.9 Å². The SMILES string of the molecule is NC1=CNC(F)(Br)C=C1. The van der Waals surface area contributed by atoms with Gasteiger partial charge in [0.2, 0.25) is 0 Å². The van der Waals surface area contributed by atoms with Crippen molar-refractivity contribution in [2.75, 3.05) is 0 Å². The molecule has 0 spiro atoms. The molecule has 1 rings (SSSR count). The fraction of sp³-hybridized carbons (Fsp3) is 0.200.